The molecule has 1 unspecified atom stereocenters. The lowest BCUT2D eigenvalue weighted by Crippen LogP contribution is -2.54. The van der Waals surface area contributed by atoms with Gasteiger partial charge in [0.1, 0.15) is 6.04 Å². The van der Waals surface area contributed by atoms with E-state index in [1.165, 1.54) is 6.07 Å². The van der Waals surface area contributed by atoms with Crippen molar-refractivity contribution >= 4 is 29.6 Å². The van der Waals surface area contributed by atoms with Gasteiger partial charge in [-0.25, -0.2) is 0 Å². The topological polar surface area (TPSA) is 121 Å². The van der Waals surface area contributed by atoms with Gasteiger partial charge in [-0.05, 0) is 31.4 Å². The highest BCUT2D eigenvalue weighted by Crippen LogP contribution is 2.29. The maximum Gasteiger partial charge on any atom is 0.303 e. The van der Waals surface area contributed by atoms with Crippen LogP contribution in [-0.4, -0.2) is 45.6 Å². The summed E-state index contributed by atoms with van der Waals surface area (Å²) in [5.41, 5.74) is 0.742. The number of piperidine rings is 1. The lowest BCUT2D eigenvalue weighted by atomic mass is 10.0. The third kappa shape index (κ3) is 3.78. The Kier molecular flexibility index (Phi) is 5.54. The molecule has 8 heteroatoms. The number of carboxylic acids is 1. The number of amides is 4. The van der Waals surface area contributed by atoms with Gasteiger partial charge in [0.2, 0.25) is 11.8 Å². The predicted molar refractivity (Wildman–Crippen MR) is 96.1 cm³/mol. The van der Waals surface area contributed by atoms with Crippen LogP contribution in [0.2, 0.25) is 0 Å². The van der Waals surface area contributed by atoms with Crippen LogP contribution in [0.15, 0.2) is 18.2 Å². The maximum absolute atomic E-state index is 12.9. The molecule has 0 radical (unpaired) electrons. The summed E-state index contributed by atoms with van der Waals surface area (Å²) >= 11 is 0. The highest BCUT2D eigenvalue weighted by Gasteiger charge is 2.45. The third-order valence-corrected chi connectivity index (χ3v) is 4.63. The van der Waals surface area contributed by atoms with Gasteiger partial charge in [0, 0.05) is 24.8 Å². The molecule has 4 amide bonds. The number of nitrogens with zero attached hydrogens (tertiary/aromatic N) is 1. The Balaban J connectivity index is 1.78. The molecule has 1 atom stereocenters. The van der Waals surface area contributed by atoms with Crippen molar-refractivity contribution in [1.29, 1.82) is 0 Å². The lowest BCUT2D eigenvalue weighted by Gasteiger charge is -2.27. The van der Waals surface area contributed by atoms with Crippen LogP contribution in [0, 0.1) is 11.8 Å². The van der Waals surface area contributed by atoms with Crippen molar-refractivity contribution in [3.05, 3.63) is 34.9 Å². The molecule has 2 aliphatic heterocycles. The summed E-state index contributed by atoms with van der Waals surface area (Å²) < 4.78 is 0. The highest BCUT2D eigenvalue weighted by molar-refractivity contribution is 6.24. The standard InChI is InChI=1S/C20H18N2O6/c23-15-11-10-14(18(26)21-15)22-19(27)13-8-5-7-12(17(13)20(22)28)6-3-1-2-4-9-16(24)25/h5,7-8,14H,1-2,4,9-11H2,(H,24,25)(H,21,23,26). The van der Waals surface area contributed by atoms with Crippen molar-refractivity contribution in [2.75, 3.05) is 0 Å². The van der Waals surface area contributed by atoms with Crippen LogP contribution in [0.5, 0.6) is 0 Å². The number of fused-ring (bicyclic) bond motifs is 1. The van der Waals surface area contributed by atoms with Gasteiger partial charge in [0.05, 0.1) is 11.1 Å². The van der Waals surface area contributed by atoms with Crippen LogP contribution in [0.4, 0.5) is 0 Å². The van der Waals surface area contributed by atoms with Crippen molar-refractivity contribution in [1.82, 2.24) is 10.2 Å². The number of imide groups is 2. The van der Waals surface area contributed by atoms with E-state index in [2.05, 4.69) is 17.2 Å². The van der Waals surface area contributed by atoms with E-state index in [-0.39, 0.29) is 30.4 Å². The zero-order valence-corrected chi connectivity index (χ0v) is 15.0. The molecule has 2 N–H and O–H groups in total. The maximum atomic E-state index is 12.9. The Hall–Kier alpha value is -3.47. The van der Waals surface area contributed by atoms with Crippen LogP contribution in [0.25, 0.3) is 0 Å². The Bertz CT molecular complexity index is 940. The summed E-state index contributed by atoms with van der Waals surface area (Å²) in [7, 11) is 0. The lowest BCUT2D eigenvalue weighted by molar-refractivity contribution is -0.138. The summed E-state index contributed by atoms with van der Waals surface area (Å²) in [5, 5.41) is 10.8. The molecule has 3 rings (SSSR count). The number of unbranched alkanes of at least 4 members (excludes halogenated alkanes) is 2. The Morgan fingerprint density at radius 1 is 1.18 bits per heavy atom. The molecule has 1 saturated heterocycles. The number of carbonyl (C=O) groups excluding carboxylic acids is 4. The van der Waals surface area contributed by atoms with Gasteiger partial charge in [-0.15, -0.1) is 0 Å². The zero-order chi connectivity index (χ0) is 20.3. The van der Waals surface area contributed by atoms with Gasteiger partial charge in [-0.2, -0.15) is 0 Å². The fraction of sp³-hybridized carbons (Fsp3) is 0.350. The van der Waals surface area contributed by atoms with E-state index < -0.39 is 35.6 Å². The normalized spacial score (nSPS) is 18.4. The molecule has 1 fully saturated rings. The molecule has 0 saturated carbocycles. The first-order valence-electron chi connectivity index (χ1n) is 8.95. The molecule has 0 spiro atoms. The number of carboxylic acid groups (broad SMARTS) is 1. The average molecular weight is 382 g/mol. The summed E-state index contributed by atoms with van der Waals surface area (Å²) in [6, 6.07) is 3.75. The summed E-state index contributed by atoms with van der Waals surface area (Å²) in [6.07, 6.45) is 1.83. The summed E-state index contributed by atoms with van der Waals surface area (Å²) in [5.74, 6) is 2.68. The van der Waals surface area contributed by atoms with Gasteiger partial charge in [-0.3, -0.25) is 34.2 Å². The number of benzene rings is 1. The number of rotatable bonds is 5. The molecule has 144 valence electrons. The van der Waals surface area contributed by atoms with Crippen LogP contribution in [0.3, 0.4) is 0 Å². The highest BCUT2D eigenvalue weighted by atomic mass is 16.4. The first-order valence-corrected chi connectivity index (χ1v) is 8.95. The molecule has 1 aromatic carbocycles. The smallest absolute Gasteiger partial charge is 0.303 e. The van der Waals surface area contributed by atoms with E-state index in [4.69, 9.17) is 5.11 Å². The van der Waals surface area contributed by atoms with Crippen molar-refractivity contribution < 1.29 is 29.1 Å². The zero-order valence-electron chi connectivity index (χ0n) is 15.0. The van der Waals surface area contributed by atoms with Gasteiger partial charge >= 0.3 is 5.97 Å². The van der Waals surface area contributed by atoms with Crippen molar-refractivity contribution in [3.63, 3.8) is 0 Å². The van der Waals surface area contributed by atoms with Crippen LogP contribution in [-0.2, 0) is 14.4 Å². The van der Waals surface area contributed by atoms with Crippen LogP contribution >= 0.6 is 0 Å². The van der Waals surface area contributed by atoms with Crippen molar-refractivity contribution in [3.8, 4) is 11.8 Å². The molecule has 0 bridgehead atoms. The number of hydrogen-bond acceptors (Lipinski definition) is 5. The number of aliphatic carboxylic acids is 1. The van der Waals surface area contributed by atoms with Crippen molar-refractivity contribution in [2.45, 2.75) is 44.6 Å². The molecular weight excluding hydrogens is 364 g/mol. The summed E-state index contributed by atoms with van der Waals surface area (Å²) in [6.45, 7) is 0. The largest absolute Gasteiger partial charge is 0.481 e. The average Bonchev–Trinajstić information content (AvgIpc) is 2.90. The van der Waals surface area contributed by atoms with Gasteiger partial charge in [0.25, 0.3) is 11.8 Å². The predicted octanol–water partition coefficient (Wildman–Crippen LogP) is 1.08. The van der Waals surface area contributed by atoms with E-state index in [0.29, 0.717) is 24.8 Å². The molecule has 1 aromatic rings. The minimum absolute atomic E-state index is 0.0623. The second-order valence-electron chi connectivity index (χ2n) is 6.58. The third-order valence-electron chi connectivity index (χ3n) is 4.63. The molecule has 2 heterocycles. The van der Waals surface area contributed by atoms with Crippen LogP contribution < -0.4 is 5.32 Å². The van der Waals surface area contributed by atoms with E-state index >= 15 is 0 Å². The van der Waals surface area contributed by atoms with Crippen molar-refractivity contribution in [2.24, 2.45) is 0 Å². The van der Waals surface area contributed by atoms with Crippen LogP contribution in [0.1, 0.15) is 64.8 Å². The molecular formula is C20H18N2O6. The Labute approximate surface area is 160 Å². The second-order valence-corrected chi connectivity index (χ2v) is 6.58. The van der Waals surface area contributed by atoms with Gasteiger partial charge in [0.15, 0.2) is 0 Å². The van der Waals surface area contributed by atoms with E-state index in [1.807, 2.05) is 0 Å². The monoisotopic (exact) mass is 382 g/mol. The second kappa shape index (κ2) is 8.05. The SMILES string of the molecule is O=C(O)CCCCC#Cc1cccc2c1C(=O)N(C1CCC(=O)NC1=O)C2=O. The van der Waals surface area contributed by atoms with Gasteiger partial charge < -0.3 is 5.11 Å². The van der Waals surface area contributed by atoms with E-state index in [1.54, 1.807) is 12.1 Å². The molecule has 0 aliphatic carbocycles. The minimum Gasteiger partial charge on any atom is -0.481 e. The number of carbonyl (C=O) groups is 5. The van der Waals surface area contributed by atoms with Gasteiger partial charge in [-0.1, -0.05) is 17.9 Å². The molecule has 8 nitrogen and oxygen atoms in total. The van der Waals surface area contributed by atoms with E-state index in [9.17, 15) is 24.0 Å². The summed E-state index contributed by atoms with van der Waals surface area (Å²) in [4.78, 5) is 60.4. The molecule has 2 aliphatic rings. The fourth-order valence-corrected chi connectivity index (χ4v) is 3.27. The molecule has 0 aromatic heterocycles. The fourth-order valence-electron chi connectivity index (χ4n) is 3.27. The minimum atomic E-state index is -1.01. The quantitative estimate of drug-likeness (QED) is 0.447. The number of nitrogens with one attached hydrogen (secondary N) is 1. The molecule has 28 heavy (non-hydrogen) atoms. The Morgan fingerprint density at radius 3 is 2.68 bits per heavy atom. The Morgan fingerprint density at radius 2 is 1.96 bits per heavy atom. The van der Waals surface area contributed by atoms with E-state index in [0.717, 1.165) is 4.90 Å². The first kappa shape index (κ1) is 19.3. The first-order chi connectivity index (χ1) is 13.4. The number of hydrogen-bond donors (Lipinski definition) is 2.